The minimum Gasteiger partial charge on any atom is -0.280 e. The van der Waals surface area contributed by atoms with Gasteiger partial charge in [-0.1, -0.05) is 36.4 Å². The molecule has 21 heavy (non-hydrogen) atoms. The molecule has 0 N–H and O–H groups in total. The number of hydrogen-bond donors (Lipinski definition) is 0. The molecule has 4 rings (SSSR count). The molecule has 0 aliphatic carbocycles. The molecule has 3 heteroatoms. The average Bonchev–Trinajstić information content (AvgIpc) is 2.80. The minimum atomic E-state index is 1.05. The van der Waals surface area contributed by atoms with Gasteiger partial charge in [0.15, 0.2) is 0 Å². The lowest BCUT2D eigenvalue weighted by atomic mass is 10.0. The van der Waals surface area contributed by atoms with Gasteiger partial charge in [-0.05, 0) is 42.3 Å². The van der Waals surface area contributed by atoms with Gasteiger partial charge in [-0.25, -0.2) is 0 Å². The fourth-order valence-corrected chi connectivity index (χ4v) is 3.55. The first kappa shape index (κ1) is 12.8. The Bertz CT molecular complexity index is 955. The van der Waals surface area contributed by atoms with Crippen LogP contribution in [0.3, 0.4) is 0 Å². The van der Waals surface area contributed by atoms with E-state index in [-0.39, 0.29) is 0 Å². The maximum atomic E-state index is 4.73. The van der Waals surface area contributed by atoms with Gasteiger partial charge in [0.1, 0.15) is 0 Å². The zero-order valence-corrected chi connectivity index (χ0v) is 13.7. The van der Waals surface area contributed by atoms with Crippen molar-refractivity contribution >= 4 is 44.8 Å². The molecule has 2 aromatic carbocycles. The molecule has 0 amide bonds. The largest absolute Gasteiger partial charge is 0.280 e. The molecule has 102 valence electrons. The van der Waals surface area contributed by atoms with Gasteiger partial charge in [-0.3, -0.25) is 7.76 Å². The summed E-state index contributed by atoms with van der Waals surface area (Å²) in [6, 6.07) is 21.3. The lowest BCUT2D eigenvalue weighted by molar-refractivity contribution is 1.26. The van der Waals surface area contributed by atoms with E-state index >= 15 is 0 Å². The monoisotopic (exact) mass is 384 g/mol. The number of aromatic nitrogens is 2. The van der Waals surface area contributed by atoms with Crippen LogP contribution in [0, 0.1) is 6.92 Å². The molecule has 2 heterocycles. The van der Waals surface area contributed by atoms with E-state index in [4.69, 9.17) is 4.98 Å². The standard InChI is InChI=1S/C18H13IN2/c1-12-7-9-17-18(20-12)15-11-14(8-10-16(15)21(17)19)13-5-3-2-4-6-13/h2-11H,1H3. The van der Waals surface area contributed by atoms with Crippen molar-refractivity contribution in [2.24, 2.45) is 0 Å². The number of benzene rings is 2. The fourth-order valence-electron chi connectivity index (χ4n) is 2.74. The highest BCUT2D eigenvalue weighted by molar-refractivity contribution is 14.1. The Morgan fingerprint density at radius 1 is 0.857 bits per heavy atom. The molecular weight excluding hydrogens is 371 g/mol. The van der Waals surface area contributed by atoms with E-state index in [0.717, 1.165) is 11.2 Å². The summed E-state index contributed by atoms with van der Waals surface area (Å²) >= 11 is 2.35. The van der Waals surface area contributed by atoms with Crippen molar-refractivity contribution in [2.75, 3.05) is 0 Å². The van der Waals surface area contributed by atoms with Crippen LogP contribution >= 0.6 is 22.9 Å². The molecule has 0 aliphatic rings. The summed E-state index contributed by atoms with van der Waals surface area (Å²) in [6.07, 6.45) is 0. The van der Waals surface area contributed by atoms with Gasteiger partial charge in [0.05, 0.1) is 39.4 Å². The molecule has 0 fully saturated rings. The van der Waals surface area contributed by atoms with Crippen molar-refractivity contribution in [2.45, 2.75) is 6.92 Å². The first-order valence-electron chi connectivity index (χ1n) is 6.87. The summed E-state index contributed by atoms with van der Waals surface area (Å²) < 4.78 is 2.18. The molecule has 0 saturated carbocycles. The Morgan fingerprint density at radius 2 is 1.62 bits per heavy atom. The Kier molecular flexibility index (Phi) is 2.96. The van der Waals surface area contributed by atoms with Gasteiger partial charge in [0.2, 0.25) is 0 Å². The normalized spacial score (nSPS) is 11.3. The van der Waals surface area contributed by atoms with Gasteiger partial charge >= 0.3 is 0 Å². The summed E-state index contributed by atoms with van der Waals surface area (Å²) in [5.74, 6) is 0. The molecule has 0 atom stereocenters. The number of fused-ring (bicyclic) bond motifs is 3. The number of nitrogens with zero attached hydrogens (tertiary/aromatic N) is 2. The smallest absolute Gasteiger partial charge is 0.0970 e. The second-order valence-corrected chi connectivity index (χ2v) is 6.16. The Morgan fingerprint density at radius 3 is 2.43 bits per heavy atom. The summed E-state index contributed by atoms with van der Waals surface area (Å²) in [4.78, 5) is 4.73. The topological polar surface area (TPSA) is 17.8 Å². The third-order valence-electron chi connectivity index (χ3n) is 3.79. The predicted octanol–water partition coefficient (Wildman–Crippen LogP) is 5.36. The zero-order valence-electron chi connectivity index (χ0n) is 11.5. The lowest BCUT2D eigenvalue weighted by Crippen LogP contribution is -1.81. The van der Waals surface area contributed by atoms with E-state index in [0.29, 0.717) is 0 Å². The van der Waals surface area contributed by atoms with Crippen LogP contribution in [0.25, 0.3) is 33.1 Å². The number of rotatable bonds is 1. The fraction of sp³-hybridized carbons (Fsp3) is 0.0556. The molecular formula is C18H13IN2. The molecule has 0 unspecified atom stereocenters. The van der Waals surface area contributed by atoms with Gasteiger partial charge in [0.25, 0.3) is 0 Å². The highest BCUT2D eigenvalue weighted by Gasteiger charge is 2.11. The summed E-state index contributed by atoms with van der Waals surface area (Å²) in [7, 11) is 0. The van der Waals surface area contributed by atoms with Crippen LogP contribution in [0.5, 0.6) is 0 Å². The summed E-state index contributed by atoms with van der Waals surface area (Å²) in [5, 5.41) is 1.21. The average molecular weight is 384 g/mol. The molecule has 0 radical (unpaired) electrons. The number of halogens is 1. The van der Waals surface area contributed by atoms with Crippen LogP contribution in [-0.4, -0.2) is 7.76 Å². The number of aryl methyl sites for hydroxylation is 1. The van der Waals surface area contributed by atoms with Gasteiger partial charge in [-0.2, -0.15) is 0 Å². The van der Waals surface area contributed by atoms with E-state index in [1.807, 2.05) is 13.0 Å². The first-order chi connectivity index (χ1) is 10.2. The Labute approximate surface area is 136 Å². The van der Waals surface area contributed by atoms with Crippen LogP contribution in [-0.2, 0) is 0 Å². The van der Waals surface area contributed by atoms with Gasteiger partial charge in [0, 0.05) is 11.1 Å². The van der Waals surface area contributed by atoms with Crippen LogP contribution in [0.15, 0.2) is 60.7 Å². The van der Waals surface area contributed by atoms with Crippen LogP contribution < -0.4 is 0 Å². The third kappa shape index (κ3) is 2.03. The molecule has 2 nitrogen and oxygen atoms in total. The van der Waals surface area contributed by atoms with E-state index in [1.165, 1.54) is 27.5 Å². The zero-order chi connectivity index (χ0) is 14.4. The van der Waals surface area contributed by atoms with Gasteiger partial charge in [-0.15, -0.1) is 0 Å². The van der Waals surface area contributed by atoms with E-state index in [9.17, 15) is 0 Å². The van der Waals surface area contributed by atoms with Crippen molar-refractivity contribution in [3.05, 3.63) is 66.4 Å². The molecule has 0 aliphatic heterocycles. The highest BCUT2D eigenvalue weighted by atomic mass is 127. The van der Waals surface area contributed by atoms with Crippen molar-refractivity contribution in [1.82, 2.24) is 7.76 Å². The Hall–Kier alpha value is -1.88. The molecule has 0 spiro atoms. The highest BCUT2D eigenvalue weighted by Crippen LogP contribution is 2.33. The van der Waals surface area contributed by atoms with E-state index < -0.39 is 0 Å². The predicted molar refractivity (Wildman–Crippen MR) is 96.8 cm³/mol. The number of hydrogen-bond acceptors (Lipinski definition) is 1. The van der Waals surface area contributed by atoms with Crippen molar-refractivity contribution in [3.8, 4) is 11.1 Å². The SMILES string of the molecule is Cc1ccc2c(n1)c1cc(-c3ccccc3)ccc1n2I. The molecule has 2 aromatic heterocycles. The second-order valence-electron chi connectivity index (χ2n) is 5.20. The van der Waals surface area contributed by atoms with E-state index in [1.54, 1.807) is 0 Å². The molecule has 0 saturated heterocycles. The maximum Gasteiger partial charge on any atom is 0.0970 e. The van der Waals surface area contributed by atoms with Crippen molar-refractivity contribution in [1.29, 1.82) is 0 Å². The summed E-state index contributed by atoms with van der Waals surface area (Å²) in [5.41, 5.74) is 6.98. The van der Waals surface area contributed by atoms with Crippen LogP contribution in [0.2, 0.25) is 0 Å². The quantitative estimate of drug-likeness (QED) is 0.404. The molecule has 4 aromatic rings. The van der Waals surface area contributed by atoms with Crippen molar-refractivity contribution in [3.63, 3.8) is 0 Å². The minimum absolute atomic E-state index is 1.05. The van der Waals surface area contributed by atoms with Crippen LogP contribution in [0.4, 0.5) is 0 Å². The lowest BCUT2D eigenvalue weighted by Gasteiger charge is -2.02. The van der Waals surface area contributed by atoms with E-state index in [2.05, 4.69) is 80.2 Å². The third-order valence-corrected chi connectivity index (χ3v) is 4.83. The Balaban J connectivity index is 2.07. The summed E-state index contributed by atoms with van der Waals surface area (Å²) in [6.45, 7) is 2.04. The van der Waals surface area contributed by atoms with Crippen molar-refractivity contribution < 1.29 is 0 Å². The number of pyridine rings is 1. The van der Waals surface area contributed by atoms with Gasteiger partial charge < -0.3 is 0 Å². The second kappa shape index (κ2) is 4.84. The first-order valence-corrected chi connectivity index (χ1v) is 7.84. The maximum absolute atomic E-state index is 4.73. The van der Waals surface area contributed by atoms with Crippen LogP contribution in [0.1, 0.15) is 5.69 Å². The molecule has 0 bridgehead atoms.